The maximum Gasteiger partial charge on any atom is 0 e. The normalized spacial score (nSPS) is 41.7. The van der Waals surface area contributed by atoms with E-state index in [0.29, 0.717) is 55.5 Å². The van der Waals surface area contributed by atoms with E-state index in [9.17, 15) is 19.5 Å². The Hall–Kier alpha value is -0.941. The third-order valence-corrected chi connectivity index (χ3v) is 27.2. The van der Waals surface area contributed by atoms with E-state index in [1.54, 1.807) is 6.21 Å². The second-order valence-electron chi connectivity index (χ2n) is 31.1. The molecule has 0 spiro atoms. The van der Waals surface area contributed by atoms with Crippen LogP contribution >= 0.6 is 20.3 Å². The molecule has 11 atom stereocenters. The van der Waals surface area contributed by atoms with Crippen molar-refractivity contribution in [2.45, 2.75) is 268 Å². The summed E-state index contributed by atoms with van der Waals surface area (Å²) in [6.07, 6.45) is 52.7. The summed E-state index contributed by atoms with van der Waals surface area (Å²) < 4.78 is 24.6. The first-order chi connectivity index (χ1) is 43.7. The Kier molecular flexibility index (Phi) is 31.5. The van der Waals surface area contributed by atoms with Gasteiger partial charge in [-0.05, 0) is 255 Å². The van der Waals surface area contributed by atoms with Gasteiger partial charge in [0.2, 0.25) is 0 Å². The molecule has 0 aromatic heterocycles. The standard InChI is InChI=1S/C37H58N2O4.C37H55N2O4.2ClH.3Co.2H2N/c2*40-35(25-7-5-21-38-23-25)42-29-17-13-27(14-18-29)37(33-11-3-1-9-31(33)32-10-2-4-12-34(32)37)28-15-19-30(20-16-28)43-36(41)26-8-6-22-39-24-26;;;;;;;/h25-34H,1-24H2;5,7,23,26-34,40H,1-4,6,8-22,24H2;2*1H;;;;2*1H2/q-2;-1;;;;;+2;2*-1/p-3/b;35-25+;;;;;;;. The second-order valence-corrected chi connectivity index (χ2v) is 32.9. The van der Waals surface area contributed by atoms with Crippen molar-refractivity contribution in [1.29, 1.82) is 0 Å². The minimum absolute atomic E-state index is 0. The molecule has 0 aromatic rings. The predicted octanol–water partition coefficient (Wildman–Crippen LogP) is 18.4. The van der Waals surface area contributed by atoms with Crippen LogP contribution in [-0.4, -0.2) is 94.4 Å². The quantitative estimate of drug-likeness (QED) is 0.103. The molecule has 4 aliphatic heterocycles. The minimum Gasteiger partial charge on any atom is -0.693 e. The number of nitrogens with zero attached hydrogens (tertiary/aromatic N) is 4. The van der Waals surface area contributed by atoms with Crippen molar-refractivity contribution in [3.63, 3.8) is 0 Å². The second kappa shape index (κ2) is 37.6. The van der Waals surface area contributed by atoms with Gasteiger partial charge in [-0.1, -0.05) is 82.8 Å². The average molecular weight is 1470 g/mol. The van der Waals surface area contributed by atoms with E-state index in [-0.39, 0.29) is 112 Å². The fourth-order valence-electron chi connectivity index (χ4n) is 24.0. The molecule has 14 aliphatic rings. The molecule has 4 heterocycles. The van der Waals surface area contributed by atoms with Crippen molar-refractivity contribution in [3.05, 3.63) is 51.9 Å². The van der Waals surface area contributed by atoms with Gasteiger partial charge in [0.1, 0.15) is 18.3 Å². The molecular weight excluding hydrogens is 1350 g/mol. The Balaban J connectivity index is 0.000000220. The van der Waals surface area contributed by atoms with Gasteiger partial charge in [-0.25, -0.2) is 0 Å². The fraction of sp³-hybridized carbons (Fsp3) is 0.892. The van der Waals surface area contributed by atoms with Gasteiger partial charge in [-0.15, -0.1) is 39.3 Å². The van der Waals surface area contributed by atoms with Gasteiger partial charge in [0.05, 0.1) is 12.5 Å². The van der Waals surface area contributed by atoms with Crippen LogP contribution in [0.3, 0.4) is 0 Å². The number of ether oxygens (including phenoxy) is 4. The van der Waals surface area contributed by atoms with E-state index in [4.69, 9.17) is 39.2 Å². The zero-order valence-electron chi connectivity index (χ0n) is 56.0. The molecule has 13 fully saturated rings. The average Bonchev–Trinajstić information content (AvgIpc) is 1.57. The summed E-state index contributed by atoms with van der Waals surface area (Å²) in [5.41, 5.74) is 1.46. The molecule has 93 heavy (non-hydrogen) atoms. The number of aliphatic imine (C=N–C) groups is 1. The smallest absolute Gasteiger partial charge is 0 e. The summed E-state index contributed by atoms with van der Waals surface area (Å²) in [7, 11) is 9.47. The molecule has 10 aliphatic carbocycles. The predicted molar refractivity (Wildman–Crippen MR) is 358 cm³/mol. The molecule has 0 aromatic carbocycles. The van der Waals surface area contributed by atoms with Gasteiger partial charge in [0.25, 0.3) is 0 Å². The number of carbonyl (C=O) groups excluding carboxylic acids is 3. The van der Waals surface area contributed by atoms with E-state index in [0.717, 1.165) is 181 Å². The van der Waals surface area contributed by atoms with Crippen molar-refractivity contribution >= 4 is 44.4 Å². The Labute approximate surface area is 595 Å². The maximum absolute atomic E-state index is 13.0. The van der Waals surface area contributed by atoms with Gasteiger partial charge in [-0.3, -0.25) is 19.4 Å². The van der Waals surface area contributed by atoms with Crippen LogP contribution < -0.4 is 5.11 Å². The molecule has 3 saturated heterocycles. The van der Waals surface area contributed by atoms with Gasteiger partial charge >= 0.3 is 51.1 Å². The monoisotopic (exact) mass is 1460 g/mol. The van der Waals surface area contributed by atoms with E-state index in [2.05, 4.69) is 20.9 Å². The van der Waals surface area contributed by atoms with Gasteiger partial charge < -0.3 is 52.3 Å². The van der Waals surface area contributed by atoms with Gasteiger partial charge in [0.15, 0.2) is 0 Å². The minimum atomic E-state index is -0.201. The van der Waals surface area contributed by atoms with Crippen LogP contribution in [0.15, 0.2) is 28.7 Å². The SMILES string of the molecule is O=C(OC1CCC(C2(C3CCC(O/C([O-])=C4\C=CCN=C4)CC3)C3CCCCC3C3CCCCC32)CC1)C1CCC[N-]C1.O=C(OC1CCC(C2(C3CCC(OC(=O)C4CCC[N-]C4)CC3)C3CCCCC3C3CCCCC32)CC1)C1CCC[N-]C1.[Cl][Co][Cl].[Co].[Co].[NH2-].[NH2-]. The van der Waals surface area contributed by atoms with E-state index < -0.39 is 0 Å². The van der Waals surface area contributed by atoms with Crippen molar-refractivity contribution in [2.75, 3.05) is 45.8 Å². The third kappa shape index (κ3) is 17.5. The summed E-state index contributed by atoms with van der Waals surface area (Å²) in [5.74, 6) is 10.1. The summed E-state index contributed by atoms with van der Waals surface area (Å²) in [4.78, 5) is 43.2. The molecule has 19 heteroatoms. The molecule has 537 valence electrons. The number of hydrogen-bond acceptors (Lipinski definition) is 9. The molecule has 0 bridgehead atoms. The molecule has 11 unspecified atom stereocenters. The fourth-order valence-corrected chi connectivity index (χ4v) is 24.0. The maximum atomic E-state index is 13.0. The van der Waals surface area contributed by atoms with Crippen LogP contribution in [0.25, 0.3) is 28.3 Å². The topological polar surface area (TPSA) is 233 Å². The number of dihydropyridines is 1. The van der Waals surface area contributed by atoms with E-state index in [1.165, 1.54) is 154 Å². The molecule has 4 N–H and O–H groups in total. The van der Waals surface area contributed by atoms with Crippen LogP contribution in [0.2, 0.25) is 0 Å². The van der Waals surface area contributed by atoms with Crippen LogP contribution in [-0.2, 0) is 79.8 Å². The number of nitrogens with two attached hydrogens (primary N) is 2. The summed E-state index contributed by atoms with van der Waals surface area (Å²) in [6, 6.07) is 0. The number of esters is 3. The van der Waals surface area contributed by atoms with Crippen LogP contribution in [0.1, 0.15) is 244 Å². The van der Waals surface area contributed by atoms with Crippen molar-refractivity contribution in [1.82, 2.24) is 0 Å². The molecule has 14 nitrogen and oxygen atoms in total. The molecule has 2 radical (unpaired) electrons. The largest absolute Gasteiger partial charge is 0.693 e. The van der Waals surface area contributed by atoms with Crippen molar-refractivity contribution in [3.8, 4) is 0 Å². The Morgan fingerprint density at radius 3 is 0.957 bits per heavy atom. The van der Waals surface area contributed by atoms with Crippen LogP contribution in [0.4, 0.5) is 0 Å². The number of carbonyl (C=O) groups is 3. The Morgan fingerprint density at radius 2 is 0.699 bits per heavy atom. The first-order valence-electron chi connectivity index (χ1n) is 37.3. The number of hydrogen-bond donors (Lipinski definition) is 0. The summed E-state index contributed by atoms with van der Waals surface area (Å²) >= 11 is 0.382. The number of halogens is 2. The Morgan fingerprint density at radius 1 is 0.419 bits per heavy atom. The van der Waals surface area contributed by atoms with Gasteiger partial charge in [0, 0.05) is 69.2 Å². The first kappa shape index (κ1) is 77.8. The molecule has 14 rings (SSSR count). The summed E-state index contributed by atoms with van der Waals surface area (Å²) in [6.45, 7) is 5.34. The number of rotatable bonds is 12. The number of piperidine rings is 3. The third-order valence-electron chi connectivity index (χ3n) is 27.2. The molecule has 10 saturated carbocycles. The van der Waals surface area contributed by atoms with Crippen LogP contribution in [0, 0.1) is 99.6 Å². The van der Waals surface area contributed by atoms with Gasteiger partial charge in [-0.2, -0.15) is 0 Å². The van der Waals surface area contributed by atoms with E-state index >= 15 is 0 Å². The molecular formula is C74H116Cl2Co3N6O8-6. The van der Waals surface area contributed by atoms with Crippen molar-refractivity contribution in [2.24, 2.45) is 105 Å². The Bertz CT molecular complexity index is 2270. The van der Waals surface area contributed by atoms with Crippen LogP contribution in [0.5, 0.6) is 0 Å². The van der Waals surface area contributed by atoms with E-state index in [1.807, 2.05) is 12.2 Å². The zero-order chi connectivity index (χ0) is 61.2. The van der Waals surface area contributed by atoms with Crippen molar-refractivity contribution < 1.29 is 84.9 Å². The number of allylic oxidation sites excluding steroid dienone is 2. The summed E-state index contributed by atoms with van der Waals surface area (Å²) in [5, 5.41) is 26.3. The number of fused-ring (bicyclic) bond motifs is 6. The zero-order valence-corrected chi connectivity index (χ0v) is 60.6. The first-order valence-corrected chi connectivity index (χ1v) is 40.2. The molecule has 0 amide bonds.